The number of aromatic nitrogens is 2. The van der Waals surface area contributed by atoms with Gasteiger partial charge in [-0.05, 0) is 25.2 Å². The molecule has 5 rings (SSSR count). The molecular weight excluding hydrogens is 571 g/mol. The second-order valence-corrected chi connectivity index (χ2v) is 12.5. The maximum Gasteiger partial charge on any atom is 0.326 e. The van der Waals surface area contributed by atoms with E-state index < -0.39 is 18.1 Å². The second kappa shape index (κ2) is 15.3. The smallest absolute Gasteiger partial charge is 0.326 e. The van der Waals surface area contributed by atoms with Gasteiger partial charge in [-0.1, -0.05) is 69.4 Å². The van der Waals surface area contributed by atoms with Gasteiger partial charge in [-0.2, -0.15) is 25.3 Å². The molecule has 42 heavy (non-hydrogen) atoms. The molecule has 2 amide bonds. The van der Waals surface area contributed by atoms with Crippen LogP contribution in [-0.4, -0.2) is 78.9 Å². The van der Waals surface area contributed by atoms with E-state index in [1.807, 2.05) is 23.1 Å². The molecule has 1 aromatic carbocycles. The molecule has 1 aliphatic carbocycles. The van der Waals surface area contributed by atoms with Crippen LogP contribution in [0, 0.1) is 11.8 Å². The molecule has 3 aliphatic rings. The molecule has 0 radical (unpaired) electrons. The summed E-state index contributed by atoms with van der Waals surface area (Å²) >= 11 is 8.28. The summed E-state index contributed by atoms with van der Waals surface area (Å²) in [6.45, 7) is 3.79. The number of benzene rings is 1. The third-order valence-corrected chi connectivity index (χ3v) is 9.67. The van der Waals surface area contributed by atoms with Crippen molar-refractivity contribution in [2.75, 3.05) is 24.6 Å². The highest BCUT2D eigenvalue weighted by Gasteiger charge is 2.37. The Bertz CT molecular complexity index is 1200. The molecule has 11 heteroatoms. The summed E-state index contributed by atoms with van der Waals surface area (Å²) in [6, 6.07) is 9.10. The van der Waals surface area contributed by atoms with Crippen molar-refractivity contribution in [1.29, 1.82) is 0 Å². The summed E-state index contributed by atoms with van der Waals surface area (Å²) in [6.07, 6.45) is 10.9. The lowest BCUT2D eigenvalue weighted by molar-refractivity contribution is -0.149. The van der Waals surface area contributed by atoms with Gasteiger partial charge >= 0.3 is 5.97 Å². The molecule has 1 unspecified atom stereocenters. The van der Waals surface area contributed by atoms with Crippen LogP contribution in [0.3, 0.4) is 0 Å². The Kier molecular flexibility index (Phi) is 11.8. The van der Waals surface area contributed by atoms with Crippen LogP contribution in [0.25, 0.3) is 11.3 Å². The third-order valence-electron chi connectivity index (χ3n) is 8.73. The third kappa shape index (κ3) is 7.71. The Balaban J connectivity index is 0.000000244. The number of thiol groups is 2. The molecule has 4 atom stereocenters. The van der Waals surface area contributed by atoms with E-state index in [0.717, 1.165) is 36.5 Å². The van der Waals surface area contributed by atoms with Gasteiger partial charge in [0.15, 0.2) is 0 Å². The molecule has 1 saturated carbocycles. The van der Waals surface area contributed by atoms with E-state index in [2.05, 4.69) is 48.2 Å². The van der Waals surface area contributed by atoms with Gasteiger partial charge in [0.1, 0.15) is 11.9 Å². The van der Waals surface area contributed by atoms with Gasteiger partial charge in [0.2, 0.25) is 11.8 Å². The highest BCUT2D eigenvalue weighted by Crippen LogP contribution is 2.37. The zero-order chi connectivity index (χ0) is 30.2. The van der Waals surface area contributed by atoms with Crippen LogP contribution < -0.4 is 5.73 Å². The number of nitrogens with two attached hydrogens (primary N) is 1. The maximum absolute atomic E-state index is 13.0. The quantitative estimate of drug-likeness (QED) is 0.329. The molecule has 3 N–H and O–H groups in total. The van der Waals surface area contributed by atoms with Gasteiger partial charge in [-0.15, -0.1) is 0 Å². The fourth-order valence-electron chi connectivity index (χ4n) is 6.31. The van der Waals surface area contributed by atoms with Crippen LogP contribution >= 0.6 is 25.3 Å². The molecular formula is C31H45N5O4S2. The normalized spacial score (nSPS) is 22.1. The molecule has 0 bridgehead atoms. The highest BCUT2D eigenvalue weighted by atomic mass is 32.1. The lowest BCUT2D eigenvalue weighted by Gasteiger charge is -2.39. The molecule has 1 saturated heterocycles. The number of carbonyl (C=O) groups excluding carboxylic acids is 2. The van der Waals surface area contributed by atoms with Crippen molar-refractivity contribution in [3.8, 4) is 11.3 Å². The predicted molar refractivity (Wildman–Crippen MR) is 171 cm³/mol. The number of rotatable bonds is 8. The van der Waals surface area contributed by atoms with Crippen molar-refractivity contribution < 1.29 is 19.5 Å². The minimum Gasteiger partial charge on any atom is -0.480 e. The van der Waals surface area contributed by atoms with E-state index in [-0.39, 0.29) is 23.8 Å². The van der Waals surface area contributed by atoms with Crippen LogP contribution in [0.15, 0.2) is 36.5 Å². The summed E-state index contributed by atoms with van der Waals surface area (Å²) in [7, 11) is 0. The molecule has 230 valence electrons. The van der Waals surface area contributed by atoms with Crippen LogP contribution in [0.4, 0.5) is 0 Å². The number of nitrogens with zero attached hydrogens (tertiary/aromatic N) is 4. The fourth-order valence-corrected chi connectivity index (χ4v) is 6.62. The summed E-state index contributed by atoms with van der Waals surface area (Å²) in [4.78, 5) is 43.9. The van der Waals surface area contributed by atoms with E-state index in [9.17, 15) is 14.4 Å². The number of amides is 2. The number of carboxylic acids is 1. The lowest BCUT2D eigenvalue weighted by atomic mass is 9.84. The molecule has 2 aliphatic heterocycles. The fraction of sp³-hybridized carbons (Fsp3) is 0.613. The number of likely N-dealkylation sites (tertiary alicyclic amines) is 1. The zero-order valence-corrected chi connectivity index (χ0v) is 26.3. The number of hydrogen-bond acceptors (Lipinski definition) is 7. The van der Waals surface area contributed by atoms with Crippen LogP contribution in [-0.2, 0) is 20.9 Å². The first kappa shape index (κ1) is 32.4. The second-order valence-electron chi connectivity index (χ2n) is 11.7. The Morgan fingerprint density at radius 1 is 0.952 bits per heavy atom. The molecule has 3 heterocycles. The van der Waals surface area contributed by atoms with E-state index in [1.54, 1.807) is 6.92 Å². The molecule has 1 aromatic heterocycles. The highest BCUT2D eigenvalue weighted by molar-refractivity contribution is 7.80. The Morgan fingerprint density at radius 2 is 1.67 bits per heavy atom. The molecule has 2 aromatic rings. The van der Waals surface area contributed by atoms with Gasteiger partial charge < -0.3 is 25.2 Å². The van der Waals surface area contributed by atoms with Gasteiger partial charge in [0.05, 0.1) is 17.8 Å². The zero-order valence-electron chi connectivity index (χ0n) is 24.5. The van der Waals surface area contributed by atoms with Crippen molar-refractivity contribution in [3.05, 3.63) is 42.4 Å². The van der Waals surface area contributed by atoms with Gasteiger partial charge in [0, 0.05) is 48.8 Å². The summed E-state index contributed by atoms with van der Waals surface area (Å²) in [5.41, 5.74) is 8.16. The van der Waals surface area contributed by atoms with Crippen LogP contribution in [0.2, 0.25) is 0 Å². The predicted octanol–water partition coefficient (Wildman–Crippen LogP) is 4.29. The Labute approximate surface area is 260 Å². The van der Waals surface area contributed by atoms with Crippen molar-refractivity contribution in [2.45, 2.75) is 83.0 Å². The minimum absolute atomic E-state index is 0.00585. The topological polar surface area (TPSA) is 122 Å². The first-order valence-electron chi connectivity index (χ1n) is 15.2. The molecule has 9 nitrogen and oxygen atoms in total. The average molecular weight is 616 g/mol. The number of imidazole rings is 1. The maximum atomic E-state index is 13.0. The largest absolute Gasteiger partial charge is 0.480 e. The van der Waals surface area contributed by atoms with Crippen molar-refractivity contribution in [2.24, 2.45) is 17.6 Å². The van der Waals surface area contributed by atoms with Crippen molar-refractivity contribution in [1.82, 2.24) is 19.4 Å². The van der Waals surface area contributed by atoms with Crippen molar-refractivity contribution >= 4 is 43.0 Å². The van der Waals surface area contributed by atoms with E-state index >= 15 is 0 Å². The number of carbonyl (C=O) groups is 3. The van der Waals surface area contributed by atoms with Crippen LogP contribution in [0.1, 0.15) is 70.2 Å². The Hall–Kier alpha value is -2.50. The van der Waals surface area contributed by atoms with Crippen LogP contribution in [0.5, 0.6) is 0 Å². The van der Waals surface area contributed by atoms with E-state index in [1.165, 1.54) is 37.0 Å². The monoisotopic (exact) mass is 615 g/mol. The van der Waals surface area contributed by atoms with Gasteiger partial charge in [0.25, 0.3) is 0 Å². The number of aliphatic carboxylic acids is 1. The minimum atomic E-state index is -0.901. The first-order valence-corrected chi connectivity index (χ1v) is 16.4. The van der Waals surface area contributed by atoms with E-state index in [4.69, 9.17) is 15.8 Å². The summed E-state index contributed by atoms with van der Waals surface area (Å²) in [5, 5.41) is 8.87. The first-order chi connectivity index (χ1) is 20.2. The van der Waals surface area contributed by atoms with Crippen molar-refractivity contribution in [3.63, 3.8) is 0 Å². The SMILES string of the molecule is C[C@H](CS)C(=O)N1CCC[C@H]1C(=O)O.N[C@@H](CS)C(=O)N1CCn2cc(-c3ccccc3)nc2C1CC1CCCCC1. The van der Waals surface area contributed by atoms with Gasteiger partial charge in [-0.3, -0.25) is 9.59 Å². The standard InChI is InChI=1S/C22H30N4OS.C9H15NO3S/c23-18(15-28)22(27)26-12-11-25-14-19(17-9-5-2-6-10-17)24-21(25)20(26)13-16-7-3-1-4-8-16;1-6(5-14)8(11)10-4-2-3-7(10)9(12)13/h2,5-6,9-10,14,16,18,20,28H,1,3-4,7-8,11-13,15,23H2;6-7,14H,2-5H2,1H3,(H,12,13)/t18-,20?;6-,7+/m01/s1. The molecule has 2 fully saturated rings. The Morgan fingerprint density at radius 3 is 2.31 bits per heavy atom. The number of fused-ring (bicyclic) bond motifs is 1. The average Bonchev–Trinajstić information content (AvgIpc) is 3.69. The summed E-state index contributed by atoms with van der Waals surface area (Å²) < 4.78 is 2.24. The van der Waals surface area contributed by atoms with Gasteiger partial charge in [-0.25, -0.2) is 9.78 Å². The lowest BCUT2D eigenvalue weighted by Crippen LogP contribution is -2.50. The van der Waals surface area contributed by atoms with E-state index in [0.29, 0.717) is 36.9 Å². The number of carboxylic acid groups (broad SMARTS) is 1. The number of hydrogen-bond donors (Lipinski definition) is 4. The summed E-state index contributed by atoms with van der Waals surface area (Å²) in [5.74, 6) is 1.31. The molecule has 0 spiro atoms.